The fourth-order valence-electron chi connectivity index (χ4n) is 4.45. The fourth-order valence-corrected chi connectivity index (χ4v) is 4.45. The average Bonchev–Trinajstić information content (AvgIpc) is 3.70. The monoisotopic (exact) mass is 541 g/mol. The van der Waals surface area contributed by atoms with Crippen molar-refractivity contribution in [2.75, 3.05) is 19.5 Å². The minimum absolute atomic E-state index is 0.0135. The van der Waals surface area contributed by atoms with Crippen LogP contribution >= 0.6 is 0 Å². The van der Waals surface area contributed by atoms with Crippen LogP contribution in [0.4, 0.5) is 19.0 Å². The first-order valence-corrected chi connectivity index (χ1v) is 12.2. The number of fused-ring (bicyclic) bond motifs is 1. The molecule has 39 heavy (non-hydrogen) atoms. The lowest BCUT2D eigenvalue weighted by Crippen LogP contribution is -2.20. The minimum Gasteiger partial charge on any atom is -0.497 e. The number of carbonyl (C=O) groups is 1. The molecule has 0 spiro atoms. The van der Waals surface area contributed by atoms with Crippen LogP contribution in [0, 0.1) is 5.92 Å². The van der Waals surface area contributed by atoms with Crippen molar-refractivity contribution >= 4 is 23.0 Å². The first-order chi connectivity index (χ1) is 18.6. The van der Waals surface area contributed by atoms with Crippen LogP contribution in [0.2, 0.25) is 0 Å². The summed E-state index contributed by atoms with van der Waals surface area (Å²) in [6.45, 7) is 2.11. The maximum Gasteiger partial charge on any atom is 0.416 e. The van der Waals surface area contributed by atoms with Crippen molar-refractivity contribution in [3.05, 3.63) is 59.4 Å². The first-order valence-electron chi connectivity index (χ1n) is 12.2. The van der Waals surface area contributed by atoms with E-state index in [4.69, 9.17) is 9.47 Å². The summed E-state index contributed by atoms with van der Waals surface area (Å²) in [5, 5.41) is 13.0. The molecule has 1 aliphatic carbocycles. The molecule has 12 heteroatoms. The molecule has 2 aromatic heterocycles. The Morgan fingerprint density at radius 3 is 2.26 bits per heavy atom. The van der Waals surface area contributed by atoms with Gasteiger partial charge in [0, 0.05) is 24.2 Å². The van der Waals surface area contributed by atoms with Gasteiger partial charge in [-0.1, -0.05) is 12.1 Å². The number of methoxy groups -OCH3 is 2. The second-order valence-electron chi connectivity index (χ2n) is 9.46. The number of nitrogens with one attached hydrogen (secondary N) is 1. The van der Waals surface area contributed by atoms with Crippen molar-refractivity contribution < 1.29 is 32.5 Å². The van der Waals surface area contributed by atoms with Gasteiger partial charge in [0.1, 0.15) is 22.8 Å². The van der Waals surface area contributed by atoms with Gasteiger partial charge in [0.15, 0.2) is 11.5 Å². The molecular formula is C27H26F3N5O4. The van der Waals surface area contributed by atoms with E-state index in [-0.39, 0.29) is 24.1 Å². The SMILES string of the molecule is COc1cc(OC)cc(-c2nc3nc(C(=O)O)nc(NC(C)C4CC4)c3n2Cc2ccc(C(F)(F)F)cc2)c1. The van der Waals surface area contributed by atoms with Crippen LogP contribution in [0.3, 0.4) is 0 Å². The third kappa shape index (κ3) is 5.45. The highest BCUT2D eigenvalue weighted by Gasteiger charge is 2.31. The van der Waals surface area contributed by atoms with Gasteiger partial charge >= 0.3 is 12.1 Å². The molecule has 2 aromatic carbocycles. The fraction of sp³-hybridized carbons (Fsp3) is 0.333. The van der Waals surface area contributed by atoms with Crippen molar-refractivity contribution in [3.63, 3.8) is 0 Å². The number of halogens is 3. The highest BCUT2D eigenvalue weighted by molar-refractivity contribution is 5.92. The molecule has 1 fully saturated rings. The van der Waals surface area contributed by atoms with E-state index in [1.54, 1.807) is 22.8 Å². The maximum atomic E-state index is 13.2. The number of alkyl halides is 3. The lowest BCUT2D eigenvalue weighted by molar-refractivity contribution is -0.137. The van der Waals surface area contributed by atoms with Gasteiger partial charge in [-0.15, -0.1) is 0 Å². The smallest absolute Gasteiger partial charge is 0.416 e. The molecule has 2 heterocycles. The van der Waals surface area contributed by atoms with Crippen LogP contribution in [0.1, 0.15) is 41.5 Å². The van der Waals surface area contributed by atoms with Crippen molar-refractivity contribution in [3.8, 4) is 22.9 Å². The Bertz CT molecular complexity index is 1510. The summed E-state index contributed by atoms with van der Waals surface area (Å²) < 4.78 is 52.1. The summed E-state index contributed by atoms with van der Waals surface area (Å²) >= 11 is 0. The molecule has 9 nitrogen and oxygen atoms in total. The van der Waals surface area contributed by atoms with Gasteiger partial charge in [-0.2, -0.15) is 13.2 Å². The molecule has 1 atom stereocenters. The number of carboxylic acids is 1. The van der Waals surface area contributed by atoms with Gasteiger partial charge in [-0.25, -0.2) is 19.7 Å². The number of ether oxygens (including phenoxy) is 2. The number of imidazole rings is 1. The largest absolute Gasteiger partial charge is 0.497 e. The molecule has 4 aromatic rings. The Morgan fingerprint density at radius 2 is 1.72 bits per heavy atom. The normalized spacial score (nSPS) is 14.3. The van der Waals surface area contributed by atoms with Gasteiger partial charge in [0.25, 0.3) is 0 Å². The summed E-state index contributed by atoms with van der Waals surface area (Å²) in [5.41, 5.74) is 0.964. The van der Waals surface area contributed by atoms with Crippen molar-refractivity contribution in [2.24, 2.45) is 5.92 Å². The Balaban J connectivity index is 1.72. The van der Waals surface area contributed by atoms with Gasteiger partial charge < -0.3 is 24.5 Å². The van der Waals surface area contributed by atoms with Crippen LogP contribution in [-0.2, 0) is 12.7 Å². The Hall–Kier alpha value is -4.35. The summed E-state index contributed by atoms with van der Waals surface area (Å²) in [7, 11) is 3.02. The topological polar surface area (TPSA) is 111 Å². The quantitative estimate of drug-likeness (QED) is 0.286. The first kappa shape index (κ1) is 26.3. The third-order valence-electron chi connectivity index (χ3n) is 6.72. The molecule has 5 rings (SSSR count). The molecule has 0 saturated heterocycles. The second-order valence-corrected chi connectivity index (χ2v) is 9.46. The predicted molar refractivity (Wildman–Crippen MR) is 137 cm³/mol. The van der Waals surface area contributed by atoms with Crippen LogP contribution in [-0.4, -0.2) is 50.9 Å². The predicted octanol–water partition coefficient (Wildman–Crippen LogP) is 5.49. The molecular weight excluding hydrogens is 515 g/mol. The maximum absolute atomic E-state index is 13.2. The highest BCUT2D eigenvalue weighted by atomic mass is 19.4. The molecule has 1 unspecified atom stereocenters. The van der Waals surface area contributed by atoms with Gasteiger partial charge in [0.05, 0.1) is 19.8 Å². The number of hydrogen-bond donors (Lipinski definition) is 2. The van der Waals surface area contributed by atoms with Crippen molar-refractivity contribution in [2.45, 2.75) is 38.5 Å². The van der Waals surface area contributed by atoms with Crippen molar-refractivity contribution in [1.82, 2.24) is 19.5 Å². The van der Waals surface area contributed by atoms with E-state index in [0.29, 0.717) is 39.9 Å². The van der Waals surface area contributed by atoms with Gasteiger partial charge in [-0.05, 0) is 55.5 Å². The number of anilines is 1. The van der Waals surface area contributed by atoms with Crippen LogP contribution in [0.25, 0.3) is 22.6 Å². The van der Waals surface area contributed by atoms with Gasteiger partial charge in [-0.3, -0.25) is 0 Å². The van der Waals surface area contributed by atoms with Crippen LogP contribution in [0.15, 0.2) is 42.5 Å². The summed E-state index contributed by atoms with van der Waals surface area (Å²) in [6, 6.07) is 10.0. The minimum atomic E-state index is -4.46. The lowest BCUT2D eigenvalue weighted by atomic mass is 10.1. The lowest BCUT2D eigenvalue weighted by Gasteiger charge is -2.17. The van der Waals surface area contributed by atoms with E-state index in [1.165, 1.54) is 26.4 Å². The zero-order valence-corrected chi connectivity index (χ0v) is 21.4. The summed E-state index contributed by atoms with van der Waals surface area (Å²) in [4.78, 5) is 25.0. The molecule has 0 radical (unpaired) electrons. The number of nitrogens with zero attached hydrogens (tertiary/aromatic N) is 4. The van der Waals surface area contributed by atoms with Gasteiger partial charge in [0.2, 0.25) is 5.82 Å². The van der Waals surface area contributed by atoms with Crippen LogP contribution in [0.5, 0.6) is 11.5 Å². The molecule has 0 aliphatic heterocycles. The molecule has 0 bridgehead atoms. The number of rotatable bonds is 9. The van der Waals surface area contributed by atoms with E-state index in [1.807, 2.05) is 6.92 Å². The highest BCUT2D eigenvalue weighted by Crippen LogP contribution is 2.37. The summed E-state index contributed by atoms with van der Waals surface area (Å²) in [6.07, 6.45) is -2.36. The number of carboxylic acid groups (broad SMARTS) is 1. The third-order valence-corrected chi connectivity index (χ3v) is 6.72. The van der Waals surface area contributed by atoms with E-state index in [9.17, 15) is 23.1 Å². The Labute approximate surface area is 221 Å². The number of hydrogen-bond acceptors (Lipinski definition) is 7. The molecule has 0 amide bonds. The molecule has 1 saturated carbocycles. The van der Waals surface area contributed by atoms with Crippen molar-refractivity contribution in [1.29, 1.82) is 0 Å². The van der Waals surface area contributed by atoms with E-state index in [2.05, 4.69) is 20.3 Å². The van der Waals surface area contributed by atoms with E-state index in [0.717, 1.165) is 25.0 Å². The van der Waals surface area contributed by atoms with E-state index < -0.39 is 23.5 Å². The number of benzene rings is 2. The van der Waals surface area contributed by atoms with E-state index >= 15 is 0 Å². The number of aromatic nitrogens is 4. The summed E-state index contributed by atoms with van der Waals surface area (Å²) in [5.74, 6) is 0.379. The Kier molecular flexibility index (Phi) is 6.79. The molecule has 204 valence electrons. The standard InChI is InChI=1S/C27H26F3N5O4/c1-14(16-6-7-16)31-22-21-23(33-24(32-22)26(36)37)34-25(17-10-19(38-2)12-20(11-17)39-3)35(21)13-15-4-8-18(9-5-15)27(28,29)30/h4-5,8-12,14,16H,6-7,13H2,1-3H3,(H,36,37)(H,31,32,33). The molecule has 1 aliphatic rings. The van der Waals surface area contributed by atoms with Crippen LogP contribution < -0.4 is 14.8 Å². The molecule has 2 N–H and O–H groups in total. The average molecular weight is 542 g/mol. The second kappa shape index (κ2) is 10.1. The number of aromatic carboxylic acids is 1. The zero-order chi connectivity index (χ0) is 27.9. The Morgan fingerprint density at radius 1 is 1.08 bits per heavy atom. The zero-order valence-electron chi connectivity index (χ0n) is 21.4.